The Bertz CT molecular complexity index is 299. The van der Waals surface area contributed by atoms with Crippen molar-refractivity contribution < 1.29 is 13.6 Å². The van der Waals surface area contributed by atoms with Crippen molar-refractivity contribution in [2.45, 2.75) is 19.3 Å². The summed E-state index contributed by atoms with van der Waals surface area (Å²) >= 11 is 0. The number of rotatable bonds is 7. The van der Waals surface area contributed by atoms with Gasteiger partial charge in [0.05, 0.1) is 0 Å². The Balaban J connectivity index is 3.65. The van der Waals surface area contributed by atoms with E-state index in [1.54, 1.807) is 0 Å². The highest BCUT2D eigenvalue weighted by molar-refractivity contribution is 7.87. The molecule has 8 heteroatoms. The Hall–Kier alpha value is -0.860. The van der Waals surface area contributed by atoms with Crippen LogP contribution in [0, 0.1) is 0 Å². The number of unbranched alkanes of at least 4 members (excludes halogenated alkanes) is 1. The first kappa shape index (κ1) is 14.1. The molecule has 0 aliphatic rings. The largest absolute Gasteiger partial charge is 0.409 e. The number of hydrogen-bond acceptors (Lipinski definition) is 4. The summed E-state index contributed by atoms with van der Waals surface area (Å²) in [7, 11) is -0.418. The van der Waals surface area contributed by atoms with Gasteiger partial charge in [0, 0.05) is 27.1 Å². The van der Waals surface area contributed by atoms with E-state index in [0.717, 1.165) is 4.31 Å². The van der Waals surface area contributed by atoms with Crippen LogP contribution in [-0.2, 0) is 10.2 Å². The third-order valence-electron chi connectivity index (χ3n) is 1.75. The van der Waals surface area contributed by atoms with Gasteiger partial charge < -0.3 is 10.9 Å². The minimum Gasteiger partial charge on any atom is -0.409 e. The van der Waals surface area contributed by atoms with Crippen molar-refractivity contribution in [1.82, 2.24) is 9.03 Å². The number of amidine groups is 1. The van der Waals surface area contributed by atoms with Crippen molar-refractivity contribution in [3.05, 3.63) is 0 Å². The normalized spacial score (nSPS) is 13.4. The van der Waals surface area contributed by atoms with Gasteiger partial charge in [-0.3, -0.25) is 0 Å². The van der Waals surface area contributed by atoms with E-state index >= 15 is 0 Å². The molecule has 0 aliphatic heterocycles. The number of nitrogens with zero attached hydrogens (tertiary/aromatic N) is 2. The molecule has 0 amide bonds. The predicted octanol–water partition coefficient (Wildman–Crippen LogP) is -0.701. The first-order chi connectivity index (χ1) is 6.90. The first-order valence-electron chi connectivity index (χ1n) is 4.53. The van der Waals surface area contributed by atoms with Crippen LogP contribution < -0.4 is 10.5 Å². The van der Waals surface area contributed by atoms with Crippen molar-refractivity contribution in [3.63, 3.8) is 0 Å². The summed E-state index contributed by atoms with van der Waals surface area (Å²) < 4.78 is 25.9. The quantitative estimate of drug-likeness (QED) is 0.179. The highest BCUT2D eigenvalue weighted by Gasteiger charge is 2.10. The van der Waals surface area contributed by atoms with E-state index < -0.39 is 10.2 Å². The van der Waals surface area contributed by atoms with Crippen molar-refractivity contribution >= 4 is 16.0 Å². The van der Waals surface area contributed by atoms with Crippen molar-refractivity contribution in [1.29, 1.82) is 0 Å². The summed E-state index contributed by atoms with van der Waals surface area (Å²) in [5.41, 5.74) is 5.24. The van der Waals surface area contributed by atoms with Gasteiger partial charge in [-0.15, -0.1) is 0 Å². The average Bonchev–Trinajstić information content (AvgIpc) is 2.16. The summed E-state index contributed by atoms with van der Waals surface area (Å²) in [6.07, 6.45) is 1.77. The third-order valence-corrected chi connectivity index (χ3v) is 3.28. The fraction of sp³-hybridized carbons (Fsp3) is 0.857. The molecule has 0 radical (unpaired) electrons. The van der Waals surface area contributed by atoms with Crippen LogP contribution in [0.15, 0.2) is 5.16 Å². The van der Waals surface area contributed by atoms with Gasteiger partial charge in [-0.2, -0.15) is 12.7 Å². The molecule has 0 unspecified atom stereocenters. The van der Waals surface area contributed by atoms with E-state index in [-0.39, 0.29) is 5.84 Å². The summed E-state index contributed by atoms with van der Waals surface area (Å²) in [5, 5.41) is 11.0. The molecule has 0 heterocycles. The molecule has 0 spiro atoms. The molecule has 0 aromatic heterocycles. The van der Waals surface area contributed by atoms with Gasteiger partial charge in [0.2, 0.25) is 0 Å². The number of nitrogens with one attached hydrogen (secondary N) is 1. The zero-order valence-electron chi connectivity index (χ0n) is 8.97. The van der Waals surface area contributed by atoms with Gasteiger partial charge in [-0.1, -0.05) is 5.16 Å². The zero-order chi connectivity index (χ0) is 11.9. The molecule has 4 N–H and O–H groups in total. The van der Waals surface area contributed by atoms with Crippen molar-refractivity contribution in [2.24, 2.45) is 10.9 Å². The number of nitrogens with two attached hydrogens (primary N) is 1. The Kier molecular flexibility index (Phi) is 6.21. The molecular formula is C7H18N4O3S. The topological polar surface area (TPSA) is 108 Å². The van der Waals surface area contributed by atoms with Crippen LogP contribution in [0.5, 0.6) is 0 Å². The Morgan fingerprint density at radius 2 is 2.07 bits per heavy atom. The molecule has 0 aromatic carbocycles. The fourth-order valence-electron chi connectivity index (χ4n) is 0.811. The molecule has 0 aromatic rings. The first-order valence-corrected chi connectivity index (χ1v) is 5.97. The SMILES string of the molecule is CN(C)S(=O)(=O)NCCCCC(N)=NO. The average molecular weight is 238 g/mol. The summed E-state index contributed by atoms with van der Waals surface area (Å²) in [5.74, 6) is 0.158. The smallest absolute Gasteiger partial charge is 0.278 e. The monoisotopic (exact) mass is 238 g/mol. The maximum atomic E-state index is 11.2. The van der Waals surface area contributed by atoms with Crippen LogP contribution in [0.2, 0.25) is 0 Å². The zero-order valence-corrected chi connectivity index (χ0v) is 9.79. The predicted molar refractivity (Wildman–Crippen MR) is 57.9 cm³/mol. The van der Waals surface area contributed by atoms with Crippen LogP contribution in [-0.4, -0.2) is 44.4 Å². The number of hydrogen-bond donors (Lipinski definition) is 3. The van der Waals surface area contributed by atoms with E-state index in [1.807, 2.05) is 0 Å². The molecule has 0 rings (SSSR count). The Labute approximate surface area is 90.1 Å². The van der Waals surface area contributed by atoms with Gasteiger partial charge in [-0.05, 0) is 12.8 Å². The highest BCUT2D eigenvalue weighted by Crippen LogP contribution is 1.95. The second-order valence-electron chi connectivity index (χ2n) is 3.23. The third kappa shape index (κ3) is 6.26. The molecule has 90 valence electrons. The molecule has 0 atom stereocenters. The van der Waals surface area contributed by atoms with Crippen LogP contribution in [0.1, 0.15) is 19.3 Å². The lowest BCUT2D eigenvalue weighted by atomic mass is 10.2. The van der Waals surface area contributed by atoms with E-state index in [9.17, 15) is 8.42 Å². The van der Waals surface area contributed by atoms with Crippen molar-refractivity contribution in [3.8, 4) is 0 Å². The maximum Gasteiger partial charge on any atom is 0.278 e. The van der Waals surface area contributed by atoms with Crippen LogP contribution >= 0.6 is 0 Å². The summed E-state index contributed by atoms with van der Waals surface area (Å²) in [6, 6.07) is 0. The van der Waals surface area contributed by atoms with Gasteiger partial charge >= 0.3 is 0 Å². The molecular weight excluding hydrogens is 220 g/mol. The van der Waals surface area contributed by atoms with Crippen LogP contribution in [0.25, 0.3) is 0 Å². The molecule has 0 saturated heterocycles. The fourth-order valence-corrected chi connectivity index (χ4v) is 1.47. The van der Waals surface area contributed by atoms with Crippen LogP contribution in [0.3, 0.4) is 0 Å². The molecule has 7 nitrogen and oxygen atoms in total. The molecule has 0 fully saturated rings. The second-order valence-corrected chi connectivity index (χ2v) is 5.20. The maximum absolute atomic E-state index is 11.2. The Morgan fingerprint density at radius 3 is 2.53 bits per heavy atom. The second kappa shape index (κ2) is 6.59. The minimum atomic E-state index is -3.33. The van der Waals surface area contributed by atoms with Gasteiger partial charge in [0.15, 0.2) is 0 Å². The lowest BCUT2D eigenvalue weighted by molar-refractivity contribution is 0.316. The molecule has 0 bridgehead atoms. The van der Waals surface area contributed by atoms with E-state index in [1.165, 1.54) is 14.1 Å². The van der Waals surface area contributed by atoms with E-state index in [2.05, 4.69) is 9.88 Å². The standard InChI is InChI=1S/C7H18N4O3S/c1-11(2)15(13,14)9-6-4-3-5-7(8)10-12/h9,12H,3-6H2,1-2H3,(H2,8,10). The summed E-state index contributed by atoms with van der Waals surface area (Å²) in [4.78, 5) is 0. The highest BCUT2D eigenvalue weighted by atomic mass is 32.2. The molecule has 0 saturated carbocycles. The summed E-state index contributed by atoms with van der Waals surface area (Å²) in [6.45, 7) is 0.346. The Morgan fingerprint density at radius 1 is 1.47 bits per heavy atom. The van der Waals surface area contributed by atoms with E-state index in [0.29, 0.717) is 25.8 Å². The lowest BCUT2D eigenvalue weighted by Crippen LogP contribution is -2.36. The molecule has 15 heavy (non-hydrogen) atoms. The lowest BCUT2D eigenvalue weighted by Gasteiger charge is -2.11. The van der Waals surface area contributed by atoms with Crippen LogP contribution in [0.4, 0.5) is 0 Å². The minimum absolute atomic E-state index is 0.158. The van der Waals surface area contributed by atoms with Gasteiger partial charge in [-0.25, -0.2) is 4.72 Å². The van der Waals surface area contributed by atoms with Gasteiger partial charge in [0.1, 0.15) is 5.84 Å². The van der Waals surface area contributed by atoms with Crippen molar-refractivity contribution in [2.75, 3.05) is 20.6 Å². The molecule has 0 aliphatic carbocycles. The van der Waals surface area contributed by atoms with Gasteiger partial charge in [0.25, 0.3) is 10.2 Å². The van der Waals surface area contributed by atoms with E-state index in [4.69, 9.17) is 10.9 Å². The number of oxime groups is 1.